The van der Waals surface area contributed by atoms with Gasteiger partial charge in [-0.05, 0) is 49.7 Å². The van der Waals surface area contributed by atoms with Crippen molar-refractivity contribution in [3.8, 4) is 0 Å². The first-order valence-corrected chi connectivity index (χ1v) is 8.18. The molecule has 2 aliphatic rings. The quantitative estimate of drug-likeness (QED) is 0.910. The van der Waals surface area contributed by atoms with E-state index in [0.29, 0.717) is 5.92 Å². The second kappa shape index (κ2) is 6.06. The molecule has 0 amide bonds. The van der Waals surface area contributed by atoms with Crippen LogP contribution in [0.5, 0.6) is 0 Å². The van der Waals surface area contributed by atoms with Gasteiger partial charge in [0.25, 0.3) is 0 Å². The predicted molar refractivity (Wildman–Crippen MR) is 72.9 cm³/mol. The molecule has 0 saturated carbocycles. The first kappa shape index (κ1) is 12.5. The number of nitrogens with zero attached hydrogens (tertiary/aromatic N) is 2. The highest BCUT2D eigenvalue weighted by Gasteiger charge is 2.22. The lowest BCUT2D eigenvalue weighted by atomic mass is 9.98. The maximum absolute atomic E-state index is 5.42. The molecule has 0 spiro atoms. The lowest BCUT2D eigenvalue weighted by Crippen LogP contribution is -2.28. The van der Waals surface area contributed by atoms with Crippen molar-refractivity contribution < 1.29 is 4.52 Å². The van der Waals surface area contributed by atoms with E-state index in [-0.39, 0.29) is 0 Å². The Bertz CT molecular complexity index is 370. The topological polar surface area (TPSA) is 51.0 Å². The van der Waals surface area contributed by atoms with Gasteiger partial charge >= 0.3 is 0 Å². The zero-order valence-corrected chi connectivity index (χ0v) is 11.5. The van der Waals surface area contributed by atoms with Crippen molar-refractivity contribution >= 4 is 11.8 Å². The third-order valence-corrected chi connectivity index (χ3v) is 5.00. The Balaban J connectivity index is 1.58. The van der Waals surface area contributed by atoms with Crippen LogP contribution < -0.4 is 5.32 Å². The molecule has 1 unspecified atom stereocenters. The van der Waals surface area contributed by atoms with E-state index in [1.165, 1.54) is 37.2 Å². The summed E-state index contributed by atoms with van der Waals surface area (Å²) in [7, 11) is 0. The number of hydrogen-bond donors (Lipinski definition) is 1. The zero-order valence-electron chi connectivity index (χ0n) is 10.7. The Morgan fingerprint density at radius 3 is 2.94 bits per heavy atom. The van der Waals surface area contributed by atoms with Crippen LogP contribution >= 0.6 is 11.8 Å². The van der Waals surface area contributed by atoms with Crippen LogP contribution in [0.2, 0.25) is 0 Å². The molecular weight excluding hydrogens is 246 g/mol. The molecule has 0 aromatic carbocycles. The molecular formula is C13H21N3OS. The molecule has 0 bridgehead atoms. The Hall–Kier alpha value is -0.550. The zero-order chi connectivity index (χ0) is 12.2. The lowest BCUT2D eigenvalue weighted by Gasteiger charge is -2.19. The average molecular weight is 267 g/mol. The monoisotopic (exact) mass is 267 g/mol. The fourth-order valence-corrected chi connectivity index (χ4v) is 3.99. The first-order valence-electron chi connectivity index (χ1n) is 7.03. The van der Waals surface area contributed by atoms with E-state index < -0.39 is 0 Å². The summed E-state index contributed by atoms with van der Waals surface area (Å²) in [5.41, 5.74) is 0. The summed E-state index contributed by atoms with van der Waals surface area (Å²) in [6, 6.07) is 0. The summed E-state index contributed by atoms with van der Waals surface area (Å²) in [6.45, 7) is 2.12. The molecule has 18 heavy (non-hydrogen) atoms. The molecule has 1 aromatic heterocycles. The summed E-state index contributed by atoms with van der Waals surface area (Å²) < 4.78 is 5.42. The fraction of sp³-hybridized carbons (Fsp3) is 0.846. The van der Waals surface area contributed by atoms with Crippen molar-refractivity contribution in [3.63, 3.8) is 0 Å². The summed E-state index contributed by atoms with van der Waals surface area (Å²) in [5.74, 6) is 5.56. The van der Waals surface area contributed by atoms with E-state index in [9.17, 15) is 0 Å². The van der Waals surface area contributed by atoms with Crippen molar-refractivity contribution in [3.05, 3.63) is 11.7 Å². The van der Waals surface area contributed by atoms with Gasteiger partial charge in [-0.1, -0.05) is 5.16 Å². The van der Waals surface area contributed by atoms with Crippen molar-refractivity contribution in [1.82, 2.24) is 15.5 Å². The van der Waals surface area contributed by atoms with E-state index in [1.54, 1.807) is 0 Å². The van der Waals surface area contributed by atoms with E-state index in [2.05, 4.69) is 27.2 Å². The van der Waals surface area contributed by atoms with Gasteiger partial charge in [0.05, 0.1) is 0 Å². The van der Waals surface area contributed by atoms with Gasteiger partial charge in [0.2, 0.25) is 5.89 Å². The number of rotatable bonds is 3. The third kappa shape index (κ3) is 3.06. The van der Waals surface area contributed by atoms with E-state index in [0.717, 1.165) is 37.1 Å². The molecule has 0 aliphatic carbocycles. The van der Waals surface area contributed by atoms with Gasteiger partial charge < -0.3 is 9.84 Å². The molecule has 0 radical (unpaired) electrons. The van der Waals surface area contributed by atoms with Gasteiger partial charge in [0.15, 0.2) is 5.82 Å². The van der Waals surface area contributed by atoms with E-state index in [4.69, 9.17) is 4.52 Å². The number of nitrogens with one attached hydrogen (secondary N) is 1. The molecule has 2 fully saturated rings. The number of aromatic nitrogens is 2. The molecule has 2 saturated heterocycles. The van der Waals surface area contributed by atoms with Crippen LogP contribution in [0.15, 0.2) is 4.52 Å². The van der Waals surface area contributed by atoms with E-state index in [1.807, 2.05) is 0 Å². The Labute approximate surface area is 112 Å². The maximum Gasteiger partial charge on any atom is 0.226 e. The van der Waals surface area contributed by atoms with Gasteiger partial charge in [-0.15, -0.1) is 0 Å². The second-order valence-electron chi connectivity index (χ2n) is 5.35. The Morgan fingerprint density at radius 2 is 2.17 bits per heavy atom. The van der Waals surface area contributed by atoms with Crippen LogP contribution in [0.25, 0.3) is 0 Å². The van der Waals surface area contributed by atoms with Crippen LogP contribution in [0, 0.1) is 5.92 Å². The third-order valence-electron chi connectivity index (χ3n) is 3.95. The van der Waals surface area contributed by atoms with Crippen molar-refractivity contribution in [2.24, 2.45) is 5.92 Å². The minimum absolute atomic E-state index is 0.457. The van der Waals surface area contributed by atoms with Gasteiger partial charge in [0, 0.05) is 18.9 Å². The molecule has 1 atom stereocenters. The fourth-order valence-electron chi connectivity index (χ4n) is 2.79. The maximum atomic E-state index is 5.42. The van der Waals surface area contributed by atoms with Crippen molar-refractivity contribution in [2.45, 2.75) is 38.0 Å². The standard InChI is InChI=1S/C13H21N3OS/c1-2-11(9-14-5-1)13-15-12(17-16-13)8-10-3-6-18-7-4-10/h10-11,14H,1-9H2. The minimum atomic E-state index is 0.457. The van der Waals surface area contributed by atoms with Crippen molar-refractivity contribution in [1.29, 1.82) is 0 Å². The van der Waals surface area contributed by atoms with Crippen LogP contribution in [-0.2, 0) is 6.42 Å². The predicted octanol–water partition coefficient (Wildman–Crippen LogP) is 2.22. The summed E-state index contributed by atoms with van der Waals surface area (Å²) in [6.07, 6.45) is 5.98. The molecule has 2 aliphatic heterocycles. The first-order chi connectivity index (χ1) is 8.92. The number of thioether (sulfide) groups is 1. The molecule has 4 nitrogen and oxygen atoms in total. The summed E-state index contributed by atoms with van der Waals surface area (Å²) in [5, 5.41) is 7.57. The van der Waals surface area contributed by atoms with Crippen LogP contribution in [-0.4, -0.2) is 34.7 Å². The Kier molecular flexibility index (Phi) is 4.20. The summed E-state index contributed by atoms with van der Waals surface area (Å²) in [4.78, 5) is 4.60. The smallest absolute Gasteiger partial charge is 0.226 e. The van der Waals surface area contributed by atoms with Crippen LogP contribution in [0.1, 0.15) is 43.3 Å². The average Bonchev–Trinajstić information content (AvgIpc) is 2.89. The van der Waals surface area contributed by atoms with Gasteiger partial charge in [0.1, 0.15) is 0 Å². The minimum Gasteiger partial charge on any atom is -0.339 e. The highest BCUT2D eigenvalue weighted by molar-refractivity contribution is 7.99. The van der Waals surface area contributed by atoms with Gasteiger partial charge in [-0.3, -0.25) is 0 Å². The molecule has 3 rings (SSSR count). The van der Waals surface area contributed by atoms with Crippen molar-refractivity contribution in [2.75, 3.05) is 24.6 Å². The van der Waals surface area contributed by atoms with Gasteiger partial charge in [-0.2, -0.15) is 16.7 Å². The SMILES string of the molecule is C1CNCC(c2noc(CC3CCSCC3)n2)C1. The molecule has 1 aromatic rings. The van der Waals surface area contributed by atoms with Crippen LogP contribution in [0.4, 0.5) is 0 Å². The number of piperidine rings is 1. The molecule has 1 N–H and O–H groups in total. The molecule has 5 heteroatoms. The number of hydrogen-bond acceptors (Lipinski definition) is 5. The second-order valence-corrected chi connectivity index (χ2v) is 6.57. The highest BCUT2D eigenvalue weighted by atomic mass is 32.2. The highest BCUT2D eigenvalue weighted by Crippen LogP contribution is 2.26. The van der Waals surface area contributed by atoms with Crippen LogP contribution in [0.3, 0.4) is 0 Å². The summed E-state index contributed by atoms with van der Waals surface area (Å²) >= 11 is 2.06. The normalized spacial score (nSPS) is 26.3. The molecule has 3 heterocycles. The van der Waals surface area contributed by atoms with E-state index >= 15 is 0 Å². The lowest BCUT2D eigenvalue weighted by molar-refractivity contribution is 0.336. The molecule has 100 valence electrons. The Morgan fingerprint density at radius 1 is 1.28 bits per heavy atom. The van der Waals surface area contributed by atoms with Gasteiger partial charge in [-0.25, -0.2) is 0 Å². The largest absolute Gasteiger partial charge is 0.339 e.